The van der Waals surface area contributed by atoms with Crippen molar-refractivity contribution in [2.75, 3.05) is 40.3 Å². The van der Waals surface area contributed by atoms with E-state index in [1.54, 1.807) is 0 Å². The molecule has 0 aliphatic heterocycles. The lowest BCUT2D eigenvalue weighted by Gasteiger charge is -2.11. The molecular formula is C14H22ClF3N2O. The van der Waals surface area contributed by atoms with Crippen LogP contribution in [0.4, 0.5) is 13.2 Å². The number of alkyl halides is 3. The number of rotatable bonds is 8. The summed E-state index contributed by atoms with van der Waals surface area (Å²) in [6, 6.07) is 4.96. The van der Waals surface area contributed by atoms with E-state index in [9.17, 15) is 13.2 Å². The Hall–Kier alpha value is -0.980. The van der Waals surface area contributed by atoms with Gasteiger partial charge in [0.2, 0.25) is 0 Å². The van der Waals surface area contributed by atoms with E-state index in [0.717, 1.165) is 38.2 Å². The van der Waals surface area contributed by atoms with Crippen molar-refractivity contribution in [3.8, 4) is 5.75 Å². The second-order valence-electron chi connectivity index (χ2n) is 4.78. The van der Waals surface area contributed by atoms with Crippen molar-refractivity contribution < 1.29 is 17.9 Å². The first kappa shape index (κ1) is 20.0. The number of ether oxygens (including phenoxy) is 1. The van der Waals surface area contributed by atoms with Crippen molar-refractivity contribution in [3.05, 3.63) is 29.8 Å². The number of halogens is 4. The molecule has 0 aliphatic rings. The molecule has 1 N–H and O–H groups in total. The zero-order valence-electron chi connectivity index (χ0n) is 12.2. The second kappa shape index (κ2) is 9.87. The molecule has 0 saturated heterocycles. The lowest BCUT2D eigenvalue weighted by atomic mass is 10.2. The predicted molar refractivity (Wildman–Crippen MR) is 80.2 cm³/mol. The molecule has 0 fully saturated rings. The molecule has 0 bridgehead atoms. The summed E-state index contributed by atoms with van der Waals surface area (Å²) in [5.41, 5.74) is -0.681. The van der Waals surface area contributed by atoms with Gasteiger partial charge in [0.05, 0.1) is 12.2 Å². The van der Waals surface area contributed by atoms with Crippen molar-refractivity contribution in [1.82, 2.24) is 10.2 Å². The number of benzene rings is 1. The summed E-state index contributed by atoms with van der Waals surface area (Å²) < 4.78 is 42.8. The van der Waals surface area contributed by atoms with Gasteiger partial charge in [-0.3, -0.25) is 0 Å². The fourth-order valence-electron chi connectivity index (χ4n) is 1.58. The van der Waals surface area contributed by atoms with Gasteiger partial charge in [-0.2, -0.15) is 13.2 Å². The number of hydrogen-bond acceptors (Lipinski definition) is 3. The molecule has 0 aliphatic carbocycles. The fourth-order valence-corrected chi connectivity index (χ4v) is 1.58. The fraction of sp³-hybridized carbons (Fsp3) is 0.571. The molecule has 0 unspecified atom stereocenters. The topological polar surface area (TPSA) is 24.5 Å². The van der Waals surface area contributed by atoms with Crippen LogP contribution in [0.25, 0.3) is 0 Å². The zero-order valence-corrected chi connectivity index (χ0v) is 13.1. The average Bonchev–Trinajstić information content (AvgIpc) is 2.36. The Morgan fingerprint density at radius 3 is 2.52 bits per heavy atom. The highest BCUT2D eigenvalue weighted by Crippen LogP contribution is 2.31. The summed E-state index contributed by atoms with van der Waals surface area (Å²) in [6.07, 6.45) is -3.57. The third kappa shape index (κ3) is 8.80. The Balaban J connectivity index is 0.00000400. The summed E-state index contributed by atoms with van der Waals surface area (Å²) in [6.45, 7) is 3.02. The van der Waals surface area contributed by atoms with Gasteiger partial charge in [-0.15, -0.1) is 12.4 Å². The van der Waals surface area contributed by atoms with E-state index in [-0.39, 0.29) is 18.2 Å². The van der Waals surface area contributed by atoms with Gasteiger partial charge >= 0.3 is 6.18 Å². The highest BCUT2D eigenvalue weighted by molar-refractivity contribution is 5.85. The van der Waals surface area contributed by atoms with Crippen LogP contribution in [-0.4, -0.2) is 45.2 Å². The maximum absolute atomic E-state index is 12.5. The minimum atomic E-state index is -4.33. The van der Waals surface area contributed by atoms with E-state index < -0.39 is 11.7 Å². The summed E-state index contributed by atoms with van der Waals surface area (Å²) in [4.78, 5) is 2.08. The van der Waals surface area contributed by atoms with E-state index in [2.05, 4.69) is 10.2 Å². The minimum Gasteiger partial charge on any atom is -0.494 e. The van der Waals surface area contributed by atoms with Gasteiger partial charge < -0.3 is 15.0 Å². The van der Waals surface area contributed by atoms with Crippen LogP contribution < -0.4 is 10.1 Å². The number of hydrogen-bond donors (Lipinski definition) is 1. The van der Waals surface area contributed by atoms with Crippen molar-refractivity contribution in [2.45, 2.75) is 12.6 Å². The molecule has 3 nitrogen and oxygen atoms in total. The first-order valence-corrected chi connectivity index (χ1v) is 6.55. The SMILES string of the molecule is CN(C)CCNCCCOc1cccc(C(F)(F)F)c1.Cl. The minimum absolute atomic E-state index is 0. The van der Waals surface area contributed by atoms with E-state index in [1.165, 1.54) is 12.1 Å². The maximum Gasteiger partial charge on any atom is 0.416 e. The van der Waals surface area contributed by atoms with Gasteiger partial charge in [0.15, 0.2) is 0 Å². The van der Waals surface area contributed by atoms with E-state index in [1.807, 2.05) is 14.1 Å². The normalized spacial score (nSPS) is 11.3. The van der Waals surface area contributed by atoms with Crippen molar-refractivity contribution in [1.29, 1.82) is 0 Å². The summed E-state index contributed by atoms with van der Waals surface area (Å²) in [5.74, 6) is 0.258. The number of nitrogens with one attached hydrogen (secondary N) is 1. The third-order valence-electron chi connectivity index (χ3n) is 2.66. The van der Waals surface area contributed by atoms with Gasteiger partial charge in [0.1, 0.15) is 5.75 Å². The molecule has 1 aromatic rings. The standard InChI is InChI=1S/C14H21F3N2O.ClH/c1-19(2)9-8-18-7-4-10-20-13-6-3-5-12(11-13)14(15,16)17;/h3,5-6,11,18H,4,7-10H2,1-2H3;1H. The summed E-state index contributed by atoms with van der Waals surface area (Å²) in [5, 5.41) is 3.24. The third-order valence-corrected chi connectivity index (χ3v) is 2.66. The van der Waals surface area contributed by atoms with Gasteiger partial charge in [-0.25, -0.2) is 0 Å². The highest BCUT2D eigenvalue weighted by Gasteiger charge is 2.30. The maximum atomic E-state index is 12.5. The summed E-state index contributed by atoms with van der Waals surface area (Å²) >= 11 is 0. The monoisotopic (exact) mass is 326 g/mol. The molecule has 0 saturated carbocycles. The predicted octanol–water partition coefficient (Wildman–Crippen LogP) is 3.05. The van der Waals surface area contributed by atoms with Gasteiger partial charge in [0.25, 0.3) is 0 Å². The van der Waals surface area contributed by atoms with Crippen LogP contribution in [0.15, 0.2) is 24.3 Å². The molecule has 0 heterocycles. The Kier molecular flexibility index (Phi) is 9.41. The quantitative estimate of drug-likeness (QED) is 0.743. The molecule has 0 spiro atoms. The van der Waals surface area contributed by atoms with Crippen molar-refractivity contribution in [3.63, 3.8) is 0 Å². The van der Waals surface area contributed by atoms with Crippen LogP contribution in [0.2, 0.25) is 0 Å². The molecule has 0 aromatic heterocycles. The smallest absolute Gasteiger partial charge is 0.416 e. The van der Waals surface area contributed by atoms with Crippen LogP contribution in [0.1, 0.15) is 12.0 Å². The second-order valence-corrected chi connectivity index (χ2v) is 4.78. The lowest BCUT2D eigenvalue weighted by molar-refractivity contribution is -0.137. The zero-order chi connectivity index (χ0) is 15.0. The molecular weight excluding hydrogens is 305 g/mol. The van der Waals surface area contributed by atoms with E-state index >= 15 is 0 Å². The summed E-state index contributed by atoms with van der Waals surface area (Å²) in [7, 11) is 4.00. The molecule has 0 atom stereocenters. The van der Waals surface area contributed by atoms with Gasteiger partial charge in [-0.05, 0) is 45.3 Å². The lowest BCUT2D eigenvalue weighted by Crippen LogP contribution is -2.27. The van der Waals surface area contributed by atoms with Crippen LogP contribution in [0.3, 0.4) is 0 Å². The molecule has 122 valence electrons. The van der Waals surface area contributed by atoms with E-state index in [0.29, 0.717) is 6.61 Å². The Labute approximate surface area is 129 Å². The molecule has 0 radical (unpaired) electrons. The van der Waals surface area contributed by atoms with Gasteiger partial charge in [-0.1, -0.05) is 6.07 Å². The highest BCUT2D eigenvalue weighted by atomic mass is 35.5. The Bertz CT molecular complexity index is 400. The van der Waals surface area contributed by atoms with Gasteiger partial charge in [0, 0.05) is 13.1 Å². The van der Waals surface area contributed by atoms with Crippen LogP contribution in [0, 0.1) is 0 Å². The Morgan fingerprint density at radius 2 is 1.90 bits per heavy atom. The average molecular weight is 327 g/mol. The number of likely N-dealkylation sites (N-methyl/N-ethyl adjacent to an activating group) is 1. The molecule has 0 amide bonds. The van der Waals surface area contributed by atoms with E-state index in [4.69, 9.17) is 4.74 Å². The molecule has 7 heteroatoms. The number of nitrogens with zero attached hydrogens (tertiary/aromatic N) is 1. The first-order valence-electron chi connectivity index (χ1n) is 6.55. The molecule has 21 heavy (non-hydrogen) atoms. The first-order chi connectivity index (χ1) is 9.39. The van der Waals surface area contributed by atoms with Crippen LogP contribution >= 0.6 is 12.4 Å². The largest absolute Gasteiger partial charge is 0.494 e. The van der Waals surface area contributed by atoms with Crippen LogP contribution in [-0.2, 0) is 6.18 Å². The Morgan fingerprint density at radius 1 is 1.19 bits per heavy atom. The van der Waals surface area contributed by atoms with Crippen molar-refractivity contribution >= 4 is 12.4 Å². The van der Waals surface area contributed by atoms with Crippen LogP contribution in [0.5, 0.6) is 5.75 Å². The molecule has 1 aromatic carbocycles. The molecule has 1 rings (SSSR count). The van der Waals surface area contributed by atoms with Crippen molar-refractivity contribution in [2.24, 2.45) is 0 Å².